The second kappa shape index (κ2) is 4.72. The largest absolute Gasteiger partial charge is 0.395 e. The van der Waals surface area contributed by atoms with E-state index in [1.54, 1.807) is 6.07 Å². The van der Waals surface area contributed by atoms with E-state index in [0.717, 1.165) is 17.7 Å². The molecule has 0 atom stereocenters. The molecule has 1 rings (SSSR count). The molecule has 1 heterocycles. The second-order valence-corrected chi connectivity index (χ2v) is 3.17. The van der Waals surface area contributed by atoms with Gasteiger partial charge in [-0.1, -0.05) is 0 Å². The first-order valence-electron chi connectivity index (χ1n) is 4.43. The van der Waals surface area contributed by atoms with Gasteiger partial charge >= 0.3 is 0 Å². The third-order valence-electron chi connectivity index (χ3n) is 2.00. The molecule has 14 heavy (non-hydrogen) atoms. The zero-order valence-electron chi connectivity index (χ0n) is 8.40. The van der Waals surface area contributed by atoms with Gasteiger partial charge in [0.2, 0.25) is 0 Å². The highest BCUT2D eigenvalue weighted by Crippen LogP contribution is 2.15. The number of carbonyl (C=O) groups is 1. The van der Waals surface area contributed by atoms with Crippen LogP contribution in [-0.2, 0) is 0 Å². The Morgan fingerprint density at radius 1 is 1.64 bits per heavy atom. The molecule has 0 aliphatic rings. The van der Waals surface area contributed by atoms with E-state index >= 15 is 0 Å². The van der Waals surface area contributed by atoms with E-state index in [1.165, 1.54) is 6.20 Å². The van der Waals surface area contributed by atoms with Crippen molar-refractivity contribution in [2.45, 2.75) is 6.92 Å². The van der Waals surface area contributed by atoms with Crippen LogP contribution < -0.4 is 4.90 Å². The second-order valence-electron chi connectivity index (χ2n) is 3.17. The van der Waals surface area contributed by atoms with Gasteiger partial charge in [0.25, 0.3) is 0 Å². The van der Waals surface area contributed by atoms with Crippen molar-refractivity contribution < 1.29 is 9.90 Å². The summed E-state index contributed by atoms with van der Waals surface area (Å²) in [4.78, 5) is 16.5. The summed E-state index contributed by atoms with van der Waals surface area (Å²) in [6.07, 6.45) is 2.30. The fraction of sp³-hybridized carbons (Fsp3) is 0.400. The van der Waals surface area contributed by atoms with E-state index in [9.17, 15) is 4.79 Å². The van der Waals surface area contributed by atoms with Gasteiger partial charge in [0.1, 0.15) is 5.82 Å². The summed E-state index contributed by atoms with van der Waals surface area (Å²) in [5, 5.41) is 8.76. The Hall–Kier alpha value is -1.42. The number of aryl methyl sites for hydroxylation is 1. The zero-order chi connectivity index (χ0) is 10.6. The van der Waals surface area contributed by atoms with Crippen molar-refractivity contribution in [3.8, 4) is 0 Å². The third-order valence-corrected chi connectivity index (χ3v) is 2.00. The molecule has 0 spiro atoms. The lowest BCUT2D eigenvalue weighted by molar-refractivity contribution is 0.112. The van der Waals surface area contributed by atoms with Crippen LogP contribution >= 0.6 is 0 Å². The molecule has 0 aromatic carbocycles. The first kappa shape index (κ1) is 10.7. The van der Waals surface area contributed by atoms with Crippen molar-refractivity contribution >= 4 is 12.1 Å². The highest BCUT2D eigenvalue weighted by molar-refractivity contribution is 5.75. The fourth-order valence-corrected chi connectivity index (χ4v) is 1.31. The van der Waals surface area contributed by atoms with Gasteiger partial charge in [0.05, 0.1) is 6.61 Å². The van der Waals surface area contributed by atoms with Crippen molar-refractivity contribution in [3.05, 3.63) is 23.4 Å². The predicted octanol–water partition coefficient (Wildman–Crippen LogP) is 0.631. The molecule has 4 heteroatoms. The lowest BCUT2D eigenvalue weighted by Crippen LogP contribution is -2.23. The number of pyridine rings is 1. The molecular weight excluding hydrogens is 180 g/mol. The van der Waals surface area contributed by atoms with Gasteiger partial charge in [-0.25, -0.2) is 4.98 Å². The highest BCUT2D eigenvalue weighted by Gasteiger charge is 2.05. The minimum atomic E-state index is 0.0903. The van der Waals surface area contributed by atoms with Gasteiger partial charge in [-0.15, -0.1) is 0 Å². The number of aliphatic hydroxyl groups is 1. The number of aliphatic hydroxyl groups excluding tert-OH is 1. The van der Waals surface area contributed by atoms with Crippen molar-refractivity contribution in [2.24, 2.45) is 0 Å². The molecule has 0 fully saturated rings. The number of nitrogens with zero attached hydrogens (tertiary/aromatic N) is 2. The Morgan fingerprint density at radius 3 is 2.86 bits per heavy atom. The van der Waals surface area contributed by atoms with Gasteiger partial charge < -0.3 is 10.0 Å². The van der Waals surface area contributed by atoms with Gasteiger partial charge in [0, 0.05) is 25.4 Å². The Labute approximate surface area is 83.2 Å². The van der Waals surface area contributed by atoms with E-state index in [-0.39, 0.29) is 6.61 Å². The van der Waals surface area contributed by atoms with Crippen LogP contribution in [0.25, 0.3) is 0 Å². The Bertz CT molecular complexity index is 326. The van der Waals surface area contributed by atoms with Crippen molar-refractivity contribution in [3.63, 3.8) is 0 Å². The molecular formula is C10H14N2O2. The minimum absolute atomic E-state index is 0.0903. The topological polar surface area (TPSA) is 53.4 Å². The summed E-state index contributed by atoms with van der Waals surface area (Å²) in [6, 6.07) is 1.78. The van der Waals surface area contributed by atoms with Gasteiger partial charge in [-0.05, 0) is 18.6 Å². The van der Waals surface area contributed by atoms with Crippen LogP contribution in [0.2, 0.25) is 0 Å². The van der Waals surface area contributed by atoms with E-state index in [4.69, 9.17) is 5.11 Å². The normalized spacial score (nSPS) is 9.93. The number of aromatic nitrogens is 1. The summed E-state index contributed by atoms with van der Waals surface area (Å²) < 4.78 is 0. The molecule has 0 amide bonds. The van der Waals surface area contributed by atoms with E-state index in [1.807, 2.05) is 18.9 Å². The van der Waals surface area contributed by atoms with Gasteiger partial charge in [-0.3, -0.25) is 4.79 Å². The Kier molecular flexibility index (Phi) is 3.59. The number of carbonyl (C=O) groups excluding carboxylic acids is 1. The summed E-state index contributed by atoms with van der Waals surface area (Å²) in [6.45, 7) is 2.52. The average molecular weight is 194 g/mol. The van der Waals surface area contributed by atoms with Crippen molar-refractivity contribution in [1.82, 2.24) is 4.98 Å². The molecule has 0 bridgehead atoms. The van der Waals surface area contributed by atoms with Crippen LogP contribution in [0.15, 0.2) is 12.3 Å². The molecule has 1 aromatic rings. The van der Waals surface area contributed by atoms with Crippen LogP contribution in [0, 0.1) is 6.92 Å². The van der Waals surface area contributed by atoms with Crippen LogP contribution in [-0.4, -0.2) is 36.6 Å². The minimum Gasteiger partial charge on any atom is -0.395 e. The SMILES string of the molecule is Cc1cc(C=O)cnc1N(C)CCO. The van der Waals surface area contributed by atoms with E-state index in [2.05, 4.69) is 4.98 Å². The quantitative estimate of drug-likeness (QED) is 0.714. The number of anilines is 1. The number of aldehydes is 1. The molecule has 0 unspecified atom stereocenters. The van der Waals surface area contributed by atoms with Crippen molar-refractivity contribution in [1.29, 1.82) is 0 Å². The molecule has 0 aliphatic heterocycles. The van der Waals surface area contributed by atoms with E-state index in [0.29, 0.717) is 12.1 Å². The Balaban J connectivity index is 2.93. The van der Waals surface area contributed by atoms with Gasteiger partial charge in [0.15, 0.2) is 6.29 Å². The number of rotatable bonds is 4. The summed E-state index contributed by atoms with van der Waals surface area (Å²) in [5.41, 5.74) is 1.51. The summed E-state index contributed by atoms with van der Waals surface area (Å²) in [5.74, 6) is 0.796. The van der Waals surface area contributed by atoms with Crippen LogP contribution in [0.3, 0.4) is 0 Å². The average Bonchev–Trinajstić information content (AvgIpc) is 2.17. The predicted molar refractivity (Wildman–Crippen MR) is 54.7 cm³/mol. The number of hydrogen-bond donors (Lipinski definition) is 1. The maximum atomic E-state index is 10.5. The van der Waals surface area contributed by atoms with Crippen molar-refractivity contribution in [2.75, 3.05) is 25.1 Å². The molecule has 76 valence electrons. The van der Waals surface area contributed by atoms with Gasteiger partial charge in [-0.2, -0.15) is 0 Å². The summed E-state index contributed by atoms with van der Waals surface area (Å²) in [7, 11) is 1.85. The fourth-order valence-electron chi connectivity index (χ4n) is 1.31. The lowest BCUT2D eigenvalue weighted by Gasteiger charge is -2.18. The monoisotopic (exact) mass is 194 g/mol. The number of likely N-dealkylation sites (N-methyl/N-ethyl adjacent to an activating group) is 1. The molecule has 4 nitrogen and oxygen atoms in total. The van der Waals surface area contributed by atoms with Crippen LogP contribution in [0.4, 0.5) is 5.82 Å². The molecule has 0 saturated carbocycles. The van der Waals surface area contributed by atoms with E-state index < -0.39 is 0 Å². The van der Waals surface area contributed by atoms with Crippen LogP contribution in [0.5, 0.6) is 0 Å². The zero-order valence-corrected chi connectivity index (χ0v) is 8.40. The highest BCUT2D eigenvalue weighted by atomic mass is 16.3. The first-order valence-corrected chi connectivity index (χ1v) is 4.43. The number of hydrogen-bond acceptors (Lipinski definition) is 4. The first-order chi connectivity index (χ1) is 6.69. The smallest absolute Gasteiger partial charge is 0.151 e. The molecule has 1 N–H and O–H groups in total. The molecule has 0 radical (unpaired) electrons. The third kappa shape index (κ3) is 2.29. The van der Waals surface area contributed by atoms with Crippen LogP contribution in [0.1, 0.15) is 15.9 Å². The molecule has 0 aliphatic carbocycles. The summed E-state index contributed by atoms with van der Waals surface area (Å²) >= 11 is 0. The molecule has 0 saturated heterocycles. The standard InChI is InChI=1S/C10H14N2O2/c1-8-5-9(7-14)6-11-10(8)12(2)3-4-13/h5-7,13H,3-4H2,1-2H3. The molecule has 1 aromatic heterocycles. The maximum Gasteiger partial charge on any atom is 0.151 e. The lowest BCUT2D eigenvalue weighted by atomic mass is 10.2. The Morgan fingerprint density at radius 2 is 2.36 bits per heavy atom. The maximum absolute atomic E-state index is 10.5.